The molecule has 5 rings (SSSR count). The van der Waals surface area contributed by atoms with Crippen LogP contribution in [0.2, 0.25) is 0 Å². The summed E-state index contributed by atoms with van der Waals surface area (Å²) in [5.41, 5.74) is 7.25. The van der Waals surface area contributed by atoms with E-state index in [1.807, 2.05) is 7.05 Å². The molecular formula is C26H33FN6O3. The molecule has 9 nitrogen and oxygen atoms in total. The van der Waals surface area contributed by atoms with Gasteiger partial charge in [-0.2, -0.15) is 0 Å². The number of carbonyl (C=O) groups is 3. The van der Waals surface area contributed by atoms with Gasteiger partial charge < -0.3 is 14.4 Å². The lowest BCUT2D eigenvalue weighted by Crippen LogP contribution is -2.60. The molecule has 1 saturated carbocycles. The zero-order valence-corrected chi connectivity index (χ0v) is 20.6. The first kappa shape index (κ1) is 24.4. The van der Waals surface area contributed by atoms with E-state index in [-0.39, 0.29) is 41.2 Å². The summed E-state index contributed by atoms with van der Waals surface area (Å²) in [5, 5.41) is 0. The van der Waals surface area contributed by atoms with Crippen molar-refractivity contribution in [2.45, 2.75) is 44.6 Å². The number of hydrogen-bond donors (Lipinski definition) is 2. The number of fused-ring (bicyclic) bond motifs is 1. The lowest BCUT2D eigenvalue weighted by atomic mass is 9.72. The minimum absolute atomic E-state index is 0.0143. The zero-order chi connectivity index (χ0) is 25.2. The van der Waals surface area contributed by atoms with Crippen molar-refractivity contribution in [3.8, 4) is 0 Å². The van der Waals surface area contributed by atoms with E-state index in [0.29, 0.717) is 44.7 Å². The number of carbonyl (C=O) groups excluding carboxylic acids is 3. The van der Waals surface area contributed by atoms with Gasteiger partial charge in [0.15, 0.2) is 0 Å². The van der Waals surface area contributed by atoms with Crippen LogP contribution in [0.3, 0.4) is 0 Å². The second-order valence-corrected chi connectivity index (χ2v) is 10.2. The molecule has 1 aromatic heterocycles. The second-order valence-electron chi connectivity index (χ2n) is 10.2. The van der Waals surface area contributed by atoms with E-state index in [0.717, 1.165) is 31.2 Å². The van der Waals surface area contributed by atoms with E-state index in [4.69, 9.17) is 0 Å². The number of amides is 3. The number of hydrogen-bond acceptors (Lipinski definition) is 5. The van der Waals surface area contributed by atoms with Crippen molar-refractivity contribution in [1.29, 1.82) is 0 Å². The minimum atomic E-state index is -0.546. The number of imidazole rings is 1. The highest BCUT2D eigenvalue weighted by Gasteiger charge is 2.40. The summed E-state index contributed by atoms with van der Waals surface area (Å²) in [4.78, 5) is 45.8. The SMILES string of the molecule is Cn1cnc(C(=O)N2CCCN(C(=O)c3cc(CC4NNC(=O)C5CCCCC45)ccc3F)CC2)c1. The number of aromatic nitrogens is 2. The molecule has 3 aliphatic rings. The van der Waals surface area contributed by atoms with Gasteiger partial charge in [-0.05, 0) is 49.3 Å². The summed E-state index contributed by atoms with van der Waals surface area (Å²) in [5.74, 6) is -0.754. The van der Waals surface area contributed by atoms with Gasteiger partial charge in [0.1, 0.15) is 11.5 Å². The number of hydrazine groups is 1. The summed E-state index contributed by atoms with van der Waals surface area (Å²) in [6.45, 7) is 1.68. The highest BCUT2D eigenvalue weighted by Crippen LogP contribution is 2.35. The van der Waals surface area contributed by atoms with Crippen LogP contribution in [0.5, 0.6) is 0 Å². The maximum Gasteiger partial charge on any atom is 0.274 e. The van der Waals surface area contributed by atoms with Crippen molar-refractivity contribution >= 4 is 17.7 Å². The first-order valence-corrected chi connectivity index (χ1v) is 12.8. The van der Waals surface area contributed by atoms with Crippen LogP contribution in [0.25, 0.3) is 0 Å². The standard InChI is InChI=1S/C26H33FN6O3/c1-31-15-23(28-16-31)26(36)33-10-4-9-32(11-12-33)25(35)20-13-17(7-8-21(20)27)14-22-18-5-2-3-6-19(18)24(34)30-29-22/h7-8,13,15-16,18-19,22,29H,2-6,9-12,14H2,1H3,(H,30,34). The van der Waals surface area contributed by atoms with Crippen molar-refractivity contribution in [3.63, 3.8) is 0 Å². The fourth-order valence-corrected chi connectivity index (χ4v) is 5.83. The lowest BCUT2D eigenvalue weighted by Gasteiger charge is -2.41. The Morgan fingerprint density at radius 2 is 1.81 bits per heavy atom. The normalized spacial score (nSPS) is 24.6. The molecule has 0 bridgehead atoms. The third kappa shape index (κ3) is 5.00. The zero-order valence-electron chi connectivity index (χ0n) is 20.6. The molecular weight excluding hydrogens is 463 g/mol. The van der Waals surface area contributed by atoms with Crippen molar-refractivity contribution in [2.24, 2.45) is 18.9 Å². The van der Waals surface area contributed by atoms with Gasteiger partial charge in [0.25, 0.3) is 11.8 Å². The average molecular weight is 497 g/mol. The van der Waals surface area contributed by atoms with Gasteiger partial charge in [-0.25, -0.2) is 14.8 Å². The van der Waals surface area contributed by atoms with Crippen LogP contribution in [0.1, 0.15) is 58.5 Å². The lowest BCUT2D eigenvalue weighted by molar-refractivity contribution is -0.133. The van der Waals surface area contributed by atoms with Crippen molar-refractivity contribution in [2.75, 3.05) is 26.2 Å². The summed E-state index contributed by atoms with van der Waals surface area (Å²) in [6, 6.07) is 4.77. The molecule has 3 amide bonds. The number of nitrogens with one attached hydrogen (secondary N) is 2. The van der Waals surface area contributed by atoms with Gasteiger partial charge in [-0.1, -0.05) is 18.9 Å². The quantitative estimate of drug-likeness (QED) is 0.674. The molecule has 2 saturated heterocycles. The van der Waals surface area contributed by atoms with E-state index in [1.54, 1.807) is 39.0 Å². The number of nitrogens with zero attached hydrogens (tertiary/aromatic N) is 4. The Balaban J connectivity index is 1.26. The highest BCUT2D eigenvalue weighted by atomic mass is 19.1. The van der Waals surface area contributed by atoms with Crippen molar-refractivity contribution in [1.82, 2.24) is 30.2 Å². The van der Waals surface area contributed by atoms with Gasteiger partial charge in [0, 0.05) is 51.4 Å². The molecule has 1 aromatic carbocycles. The molecule has 0 spiro atoms. The number of rotatable bonds is 4. The monoisotopic (exact) mass is 496 g/mol. The molecule has 3 atom stereocenters. The van der Waals surface area contributed by atoms with Crippen LogP contribution in [0.4, 0.5) is 4.39 Å². The Kier molecular flexibility index (Phi) is 7.04. The first-order valence-electron chi connectivity index (χ1n) is 12.8. The fraction of sp³-hybridized carbons (Fsp3) is 0.538. The van der Waals surface area contributed by atoms with E-state index in [9.17, 15) is 18.8 Å². The number of benzene rings is 1. The molecule has 3 unspecified atom stereocenters. The smallest absolute Gasteiger partial charge is 0.274 e. The van der Waals surface area contributed by atoms with Crippen LogP contribution < -0.4 is 10.9 Å². The topological polar surface area (TPSA) is 99.6 Å². The van der Waals surface area contributed by atoms with Gasteiger partial charge in [-0.3, -0.25) is 19.8 Å². The van der Waals surface area contributed by atoms with E-state index in [1.165, 1.54) is 6.07 Å². The molecule has 36 heavy (non-hydrogen) atoms. The Morgan fingerprint density at radius 1 is 1.06 bits per heavy atom. The predicted octanol–water partition coefficient (Wildman–Crippen LogP) is 1.90. The van der Waals surface area contributed by atoms with Crippen molar-refractivity contribution < 1.29 is 18.8 Å². The van der Waals surface area contributed by atoms with E-state index < -0.39 is 5.82 Å². The minimum Gasteiger partial charge on any atom is -0.340 e. The van der Waals surface area contributed by atoms with Gasteiger partial charge in [0.2, 0.25) is 5.91 Å². The third-order valence-electron chi connectivity index (χ3n) is 7.76. The molecule has 2 aromatic rings. The first-order chi connectivity index (χ1) is 17.4. The largest absolute Gasteiger partial charge is 0.340 e. The molecule has 3 heterocycles. The molecule has 10 heteroatoms. The number of halogens is 1. The summed E-state index contributed by atoms with van der Waals surface area (Å²) >= 11 is 0. The summed E-state index contributed by atoms with van der Waals surface area (Å²) in [6.07, 6.45) is 8.54. The molecule has 2 N–H and O–H groups in total. The van der Waals surface area contributed by atoms with Crippen LogP contribution in [0.15, 0.2) is 30.7 Å². The van der Waals surface area contributed by atoms with Gasteiger partial charge >= 0.3 is 0 Å². The summed E-state index contributed by atoms with van der Waals surface area (Å²) in [7, 11) is 1.81. The fourth-order valence-electron chi connectivity index (χ4n) is 5.83. The van der Waals surface area contributed by atoms with Crippen LogP contribution in [0, 0.1) is 17.7 Å². The Bertz CT molecular complexity index is 1150. The molecule has 1 aliphatic carbocycles. The molecule has 0 radical (unpaired) electrons. The van der Waals surface area contributed by atoms with Crippen molar-refractivity contribution in [3.05, 3.63) is 53.4 Å². The van der Waals surface area contributed by atoms with Crippen LogP contribution >= 0.6 is 0 Å². The maximum atomic E-state index is 14.8. The van der Waals surface area contributed by atoms with Gasteiger partial charge in [0.05, 0.1) is 11.9 Å². The maximum absolute atomic E-state index is 14.8. The second kappa shape index (κ2) is 10.4. The Hall–Kier alpha value is -3.27. The molecule has 2 aliphatic heterocycles. The Labute approximate surface area is 210 Å². The average Bonchev–Trinajstić information content (AvgIpc) is 3.17. The highest BCUT2D eigenvalue weighted by molar-refractivity contribution is 5.95. The van der Waals surface area contributed by atoms with Gasteiger partial charge in [-0.15, -0.1) is 0 Å². The summed E-state index contributed by atoms with van der Waals surface area (Å²) < 4.78 is 16.5. The molecule has 3 fully saturated rings. The van der Waals surface area contributed by atoms with Crippen LogP contribution in [-0.4, -0.2) is 69.3 Å². The number of aryl methyl sites for hydroxylation is 1. The molecule has 192 valence electrons. The van der Waals surface area contributed by atoms with E-state index >= 15 is 0 Å². The predicted molar refractivity (Wildman–Crippen MR) is 130 cm³/mol. The third-order valence-corrected chi connectivity index (χ3v) is 7.76. The van der Waals surface area contributed by atoms with Crippen LogP contribution in [-0.2, 0) is 18.3 Å². The van der Waals surface area contributed by atoms with E-state index in [2.05, 4.69) is 15.8 Å². The Morgan fingerprint density at radius 3 is 2.56 bits per heavy atom.